The van der Waals surface area contributed by atoms with Crippen LogP contribution in [-0.2, 0) is 15.7 Å². The maximum absolute atomic E-state index is 14.7. The van der Waals surface area contributed by atoms with E-state index in [2.05, 4.69) is 29.7 Å². The number of fused-ring (bicyclic) bond motifs is 3. The molecule has 11 nitrogen and oxygen atoms in total. The minimum atomic E-state index is -4.97. The van der Waals surface area contributed by atoms with E-state index in [4.69, 9.17) is 9.47 Å². The van der Waals surface area contributed by atoms with Gasteiger partial charge in [0, 0.05) is 80.8 Å². The average Bonchev–Trinajstić information content (AvgIpc) is 3.66. The highest BCUT2D eigenvalue weighted by atomic mass is 19.4. The molecule has 2 N–H and O–H groups in total. The highest BCUT2D eigenvalue weighted by Crippen LogP contribution is 2.51. The molecule has 0 spiro atoms. The van der Waals surface area contributed by atoms with Gasteiger partial charge in [-0.3, -0.25) is 4.79 Å². The van der Waals surface area contributed by atoms with E-state index in [1.165, 1.54) is 6.07 Å². The second-order valence-corrected chi connectivity index (χ2v) is 15.2. The molecule has 1 amide bonds. The van der Waals surface area contributed by atoms with Crippen LogP contribution in [0.3, 0.4) is 0 Å². The Morgan fingerprint density at radius 1 is 1.02 bits per heavy atom. The first-order chi connectivity index (χ1) is 25.5. The number of aliphatic carboxylic acids is 1. The zero-order valence-corrected chi connectivity index (χ0v) is 29.5. The first kappa shape index (κ1) is 35.3. The van der Waals surface area contributed by atoms with E-state index < -0.39 is 34.8 Å². The lowest BCUT2D eigenvalue weighted by Gasteiger charge is -2.33. The number of nitrogens with zero attached hydrogens (tertiary/aromatic N) is 5. The molecule has 1 aromatic carbocycles. The highest BCUT2D eigenvalue weighted by molar-refractivity contribution is 6.00. The quantitative estimate of drug-likeness (QED) is 0.198. The van der Waals surface area contributed by atoms with E-state index in [1.54, 1.807) is 18.5 Å². The number of hydrogen-bond donors (Lipinski definition) is 2. The zero-order valence-electron chi connectivity index (χ0n) is 29.5. The summed E-state index contributed by atoms with van der Waals surface area (Å²) in [5.41, 5.74) is -2.29. The molecule has 4 aromatic rings. The molecule has 2 bridgehead atoms. The van der Waals surface area contributed by atoms with Crippen molar-refractivity contribution in [3.8, 4) is 17.0 Å². The van der Waals surface area contributed by atoms with E-state index in [0.29, 0.717) is 48.7 Å². The Balaban J connectivity index is 1.10. The predicted molar refractivity (Wildman–Crippen MR) is 190 cm³/mol. The minimum Gasteiger partial charge on any atom is -0.490 e. The van der Waals surface area contributed by atoms with Crippen LogP contribution in [0.4, 0.5) is 19.1 Å². The monoisotopic (exact) mass is 732 g/mol. The molecule has 14 heteroatoms. The van der Waals surface area contributed by atoms with Gasteiger partial charge >= 0.3 is 12.1 Å². The van der Waals surface area contributed by atoms with Gasteiger partial charge in [0.1, 0.15) is 17.4 Å². The number of rotatable bonds is 8. The third-order valence-electron chi connectivity index (χ3n) is 11.7. The van der Waals surface area contributed by atoms with Crippen LogP contribution < -0.4 is 15.0 Å². The number of hydrogen-bond acceptors (Lipinski definition) is 8. The van der Waals surface area contributed by atoms with Crippen molar-refractivity contribution < 1.29 is 37.3 Å². The number of amides is 1. The standard InChI is InChI=1S/C39H43F3N6O5/c1-23-17-24-19-25(18-23)38(21-24,36(50)51)46-35(49)30-5-6-32(45-34(30)39(40,41)42)31-22-48(26-9-15-52-16-10-26)33-20-28(3-4-29(31)33)53-27-7-13-47(14-8-27)37-43-11-2-12-44-37/h2-6,11-12,20,22-27H,7-10,13-19,21H2,1H3,(H,46,49)(H,50,51). The number of carboxylic acid groups (broad SMARTS) is 1. The fraction of sp³-hybridized carbons (Fsp3) is 0.513. The van der Waals surface area contributed by atoms with Gasteiger partial charge in [-0.25, -0.2) is 19.7 Å². The fourth-order valence-corrected chi connectivity index (χ4v) is 9.28. The Morgan fingerprint density at radius 2 is 1.77 bits per heavy atom. The normalized spacial score (nSPS) is 25.4. The number of anilines is 1. The molecule has 8 rings (SSSR count). The summed E-state index contributed by atoms with van der Waals surface area (Å²) in [7, 11) is 0. The number of benzene rings is 1. The number of carbonyl (C=O) groups is 2. The van der Waals surface area contributed by atoms with Crippen molar-refractivity contribution >= 4 is 28.7 Å². The lowest BCUT2D eigenvalue weighted by molar-refractivity contribution is -0.146. The summed E-state index contributed by atoms with van der Waals surface area (Å²) in [6.07, 6.45) is 5.59. The van der Waals surface area contributed by atoms with Gasteiger partial charge in [-0.1, -0.05) is 6.92 Å². The van der Waals surface area contributed by atoms with Crippen LogP contribution in [0, 0.1) is 17.8 Å². The highest BCUT2D eigenvalue weighted by Gasteiger charge is 2.56. The molecule has 4 aliphatic rings. The van der Waals surface area contributed by atoms with Gasteiger partial charge in [-0.2, -0.15) is 13.2 Å². The third-order valence-corrected chi connectivity index (χ3v) is 11.7. The zero-order chi connectivity index (χ0) is 36.9. The Morgan fingerprint density at radius 3 is 2.49 bits per heavy atom. The molecule has 2 aliphatic carbocycles. The largest absolute Gasteiger partial charge is 0.490 e. The number of carbonyl (C=O) groups excluding carboxylic acids is 1. The summed E-state index contributed by atoms with van der Waals surface area (Å²) in [4.78, 5) is 41.2. The fourth-order valence-electron chi connectivity index (χ4n) is 9.28. The molecule has 2 aliphatic heterocycles. The first-order valence-corrected chi connectivity index (χ1v) is 18.5. The molecule has 5 heterocycles. The summed E-state index contributed by atoms with van der Waals surface area (Å²) in [6, 6.07) is 10.0. The molecule has 280 valence electrons. The first-order valence-electron chi connectivity index (χ1n) is 18.5. The van der Waals surface area contributed by atoms with Crippen molar-refractivity contribution in [3.63, 3.8) is 0 Å². The van der Waals surface area contributed by atoms with Gasteiger partial charge in [0.15, 0.2) is 5.69 Å². The summed E-state index contributed by atoms with van der Waals surface area (Å²) < 4.78 is 58.4. The molecule has 2 saturated heterocycles. The number of aromatic nitrogens is 4. The third kappa shape index (κ3) is 6.81. The summed E-state index contributed by atoms with van der Waals surface area (Å²) >= 11 is 0. The van der Waals surface area contributed by atoms with Crippen LogP contribution in [0.2, 0.25) is 0 Å². The number of ether oxygens (including phenoxy) is 2. The lowest BCUT2D eigenvalue weighted by Crippen LogP contribution is -2.57. The Labute approximate surface area is 304 Å². The van der Waals surface area contributed by atoms with Crippen molar-refractivity contribution in [3.05, 3.63) is 66.2 Å². The number of piperidine rings is 1. The van der Waals surface area contributed by atoms with Gasteiger partial charge in [0.25, 0.3) is 5.91 Å². The van der Waals surface area contributed by atoms with Crippen LogP contribution in [-0.4, -0.2) is 74.4 Å². The maximum atomic E-state index is 14.7. The van der Waals surface area contributed by atoms with Crippen LogP contribution in [0.15, 0.2) is 55.0 Å². The smallest absolute Gasteiger partial charge is 0.434 e. The lowest BCUT2D eigenvalue weighted by atomic mass is 9.78. The summed E-state index contributed by atoms with van der Waals surface area (Å²) in [5, 5.41) is 13.6. The molecule has 4 unspecified atom stereocenters. The molecule has 0 radical (unpaired) electrons. The molecule has 3 aromatic heterocycles. The number of pyridine rings is 1. The second kappa shape index (κ2) is 13.9. The summed E-state index contributed by atoms with van der Waals surface area (Å²) in [5.74, 6) is -0.887. The number of halogens is 3. The second-order valence-electron chi connectivity index (χ2n) is 15.2. The Bertz CT molecular complexity index is 1990. The number of carboxylic acids is 1. The molecule has 53 heavy (non-hydrogen) atoms. The Hall–Kier alpha value is -4.72. The van der Waals surface area contributed by atoms with Gasteiger partial charge in [-0.05, 0) is 86.6 Å². The van der Waals surface area contributed by atoms with E-state index in [-0.39, 0.29) is 42.0 Å². The van der Waals surface area contributed by atoms with Crippen molar-refractivity contribution in [1.29, 1.82) is 0 Å². The van der Waals surface area contributed by atoms with Crippen molar-refractivity contribution in [2.24, 2.45) is 17.8 Å². The predicted octanol–water partition coefficient (Wildman–Crippen LogP) is 6.92. The van der Waals surface area contributed by atoms with E-state index in [1.807, 2.05) is 31.3 Å². The molecule has 2 saturated carbocycles. The van der Waals surface area contributed by atoms with E-state index in [0.717, 1.165) is 56.8 Å². The molecule has 4 fully saturated rings. The van der Waals surface area contributed by atoms with Crippen LogP contribution in [0.25, 0.3) is 22.2 Å². The van der Waals surface area contributed by atoms with Gasteiger partial charge < -0.3 is 29.4 Å². The van der Waals surface area contributed by atoms with Crippen molar-refractivity contribution in [1.82, 2.24) is 24.8 Å². The van der Waals surface area contributed by atoms with E-state index in [9.17, 15) is 27.9 Å². The molecule has 4 atom stereocenters. The minimum absolute atomic E-state index is 0.0273. The van der Waals surface area contributed by atoms with Crippen LogP contribution in [0.5, 0.6) is 5.75 Å². The topological polar surface area (TPSA) is 132 Å². The van der Waals surface area contributed by atoms with Crippen LogP contribution in [0.1, 0.15) is 80.4 Å². The van der Waals surface area contributed by atoms with Crippen molar-refractivity contribution in [2.75, 3.05) is 31.2 Å². The number of nitrogens with one attached hydrogen (secondary N) is 1. The average molecular weight is 733 g/mol. The molecular formula is C39H43F3N6O5. The molecular weight excluding hydrogens is 689 g/mol. The van der Waals surface area contributed by atoms with Gasteiger partial charge in [0.05, 0.1) is 16.8 Å². The van der Waals surface area contributed by atoms with Gasteiger partial charge in [-0.15, -0.1) is 0 Å². The Kier molecular flexibility index (Phi) is 9.28. The number of alkyl halides is 3. The van der Waals surface area contributed by atoms with E-state index >= 15 is 0 Å². The SMILES string of the molecule is CC1CC2CC(C1)C(NC(=O)c1ccc(-c3cn(C4CCOCC4)c4cc(OC5CCN(c6ncccn6)CC5)ccc34)nc1C(F)(F)F)(C(=O)O)C2. The van der Waals surface area contributed by atoms with Crippen LogP contribution >= 0.6 is 0 Å². The maximum Gasteiger partial charge on any atom is 0.434 e. The van der Waals surface area contributed by atoms with Gasteiger partial charge in [0.2, 0.25) is 5.95 Å². The van der Waals surface area contributed by atoms with Crippen molar-refractivity contribution in [2.45, 2.75) is 82.2 Å². The summed E-state index contributed by atoms with van der Waals surface area (Å²) in [6.45, 7) is 4.68.